The molecule has 1 rings (SSSR count). The van der Waals surface area contributed by atoms with Crippen LogP contribution in [-0.4, -0.2) is 30.1 Å². The summed E-state index contributed by atoms with van der Waals surface area (Å²) in [4.78, 5) is 2.65. The van der Waals surface area contributed by atoms with E-state index in [2.05, 4.69) is 46.4 Å². The van der Waals surface area contributed by atoms with Crippen molar-refractivity contribution in [1.82, 2.24) is 4.90 Å². The zero-order valence-electron chi connectivity index (χ0n) is 14.8. The van der Waals surface area contributed by atoms with Crippen LogP contribution in [0.3, 0.4) is 0 Å². The lowest BCUT2D eigenvalue weighted by molar-refractivity contribution is 0.0622. The SMILES string of the molecule is CCC(C)N(CC)C(CN)C1CCC(C(C)(C)C)CC1. The molecule has 0 saturated heterocycles. The molecule has 0 aliphatic heterocycles. The van der Waals surface area contributed by atoms with Crippen LogP contribution in [-0.2, 0) is 0 Å². The van der Waals surface area contributed by atoms with Gasteiger partial charge in [-0.2, -0.15) is 0 Å². The first-order chi connectivity index (χ1) is 9.35. The van der Waals surface area contributed by atoms with E-state index in [1.54, 1.807) is 0 Å². The molecule has 0 amide bonds. The van der Waals surface area contributed by atoms with E-state index in [1.165, 1.54) is 32.1 Å². The smallest absolute Gasteiger partial charge is 0.0249 e. The van der Waals surface area contributed by atoms with E-state index in [-0.39, 0.29) is 0 Å². The fraction of sp³-hybridized carbons (Fsp3) is 1.00. The molecule has 2 atom stereocenters. The van der Waals surface area contributed by atoms with Crippen LogP contribution in [0, 0.1) is 17.3 Å². The molecule has 2 unspecified atom stereocenters. The minimum absolute atomic E-state index is 0.477. The molecule has 120 valence electrons. The van der Waals surface area contributed by atoms with E-state index in [0.29, 0.717) is 17.5 Å². The Morgan fingerprint density at radius 1 is 1.10 bits per heavy atom. The van der Waals surface area contributed by atoms with Crippen molar-refractivity contribution in [1.29, 1.82) is 0 Å². The van der Waals surface area contributed by atoms with Crippen LogP contribution in [0.4, 0.5) is 0 Å². The first-order valence-corrected chi connectivity index (χ1v) is 8.80. The summed E-state index contributed by atoms with van der Waals surface area (Å²) in [7, 11) is 0. The molecule has 0 aromatic carbocycles. The molecule has 20 heavy (non-hydrogen) atoms. The zero-order chi connectivity index (χ0) is 15.3. The number of hydrogen-bond acceptors (Lipinski definition) is 2. The van der Waals surface area contributed by atoms with Crippen molar-refractivity contribution in [3.63, 3.8) is 0 Å². The maximum atomic E-state index is 6.15. The van der Waals surface area contributed by atoms with Crippen molar-refractivity contribution in [2.45, 2.75) is 85.7 Å². The largest absolute Gasteiger partial charge is 0.329 e. The monoisotopic (exact) mass is 282 g/mol. The molecule has 2 heteroatoms. The maximum Gasteiger partial charge on any atom is 0.0249 e. The summed E-state index contributed by atoms with van der Waals surface area (Å²) >= 11 is 0. The molecule has 0 spiro atoms. The molecular weight excluding hydrogens is 244 g/mol. The lowest BCUT2D eigenvalue weighted by Crippen LogP contribution is -2.50. The predicted octanol–water partition coefficient (Wildman–Crippen LogP) is 4.29. The highest BCUT2D eigenvalue weighted by atomic mass is 15.2. The number of nitrogens with two attached hydrogens (primary N) is 1. The standard InChI is InChI=1S/C18H38N2/c1-7-14(3)20(8-2)17(13-19)15-9-11-16(12-10-15)18(4,5)6/h14-17H,7-13,19H2,1-6H3. The average molecular weight is 283 g/mol. The molecule has 0 bridgehead atoms. The fourth-order valence-corrected chi connectivity index (χ4v) is 4.08. The summed E-state index contributed by atoms with van der Waals surface area (Å²) in [6.07, 6.45) is 6.75. The average Bonchev–Trinajstić information content (AvgIpc) is 2.43. The van der Waals surface area contributed by atoms with Gasteiger partial charge in [0.2, 0.25) is 0 Å². The Hall–Kier alpha value is -0.0800. The highest BCUT2D eigenvalue weighted by molar-refractivity contribution is 4.88. The highest BCUT2D eigenvalue weighted by Gasteiger charge is 2.34. The second-order valence-electron chi connectivity index (χ2n) is 7.87. The van der Waals surface area contributed by atoms with E-state index < -0.39 is 0 Å². The molecular formula is C18H38N2. The van der Waals surface area contributed by atoms with Crippen LogP contribution in [0.1, 0.15) is 73.6 Å². The van der Waals surface area contributed by atoms with Crippen molar-refractivity contribution >= 4 is 0 Å². The van der Waals surface area contributed by atoms with Gasteiger partial charge in [0.15, 0.2) is 0 Å². The normalized spacial score (nSPS) is 27.6. The molecule has 1 fully saturated rings. The van der Waals surface area contributed by atoms with Gasteiger partial charge in [0.05, 0.1) is 0 Å². The fourth-order valence-electron chi connectivity index (χ4n) is 4.08. The topological polar surface area (TPSA) is 29.3 Å². The summed E-state index contributed by atoms with van der Waals surface area (Å²) < 4.78 is 0. The first kappa shape index (κ1) is 18.0. The van der Waals surface area contributed by atoms with Gasteiger partial charge in [-0.3, -0.25) is 4.90 Å². The molecule has 1 aliphatic carbocycles. The van der Waals surface area contributed by atoms with Crippen LogP contribution >= 0.6 is 0 Å². The minimum atomic E-state index is 0.477. The summed E-state index contributed by atoms with van der Waals surface area (Å²) in [6.45, 7) is 16.1. The summed E-state index contributed by atoms with van der Waals surface area (Å²) in [5, 5.41) is 0. The van der Waals surface area contributed by atoms with Gasteiger partial charge in [-0.25, -0.2) is 0 Å². The van der Waals surface area contributed by atoms with Crippen molar-refractivity contribution in [3.05, 3.63) is 0 Å². The molecule has 2 nitrogen and oxygen atoms in total. The Labute approximate surface area is 127 Å². The van der Waals surface area contributed by atoms with Crippen LogP contribution in [0.5, 0.6) is 0 Å². The van der Waals surface area contributed by atoms with E-state index >= 15 is 0 Å². The summed E-state index contributed by atoms with van der Waals surface area (Å²) in [5.41, 5.74) is 6.63. The van der Waals surface area contributed by atoms with E-state index in [4.69, 9.17) is 5.73 Å². The quantitative estimate of drug-likeness (QED) is 0.787. The second kappa shape index (κ2) is 7.79. The van der Waals surface area contributed by atoms with Crippen LogP contribution in [0.2, 0.25) is 0 Å². The van der Waals surface area contributed by atoms with Gasteiger partial charge >= 0.3 is 0 Å². The van der Waals surface area contributed by atoms with Gasteiger partial charge in [0.1, 0.15) is 0 Å². The molecule has 0 radical (unpaired) electrons. The number of likely N-dealkylation sites (N-methyl/N-ethyl adjacent to an activating group) is 1. The highest BCUT2D eigenvalue weighted by Crippen LogP contribution is 2.41. The van der Waals surface area contributed by atoms with Gasteiger partial charge in [-0.15, -0.1) is 0 Å². The number of nitrogens with zero attached hydrogens (tertiary/aromatic N) is 1. The second-order valence-corrected chi connectivity index (χ2v) is 7.87. The van der Waals surface area contributed by atoms with E-state index in [1.807, 2.05) is 0 Å². The van der Waals surface area contributed by atoms with Gasteiger partial charge in [0, 0.05) is 18.6 Å². The lowest BCUT2D eigenvalue weighted by atomic mass is 9.68. The van der Waals surface area contributed by atoms with Gasteiger partial charge < -0.3 is 5.73 Å². The zero-order valence-corrected chi connectivity index (χ0v) is 14.8. The molecule has 2 N–H and O–H groups in total. The minimum Gasteiger partial charge on any atom is -0.329 e. The van der Waals surface area contributed by atoms with Gasteiger partial charge in [-0.1, -0.05) is 34.6 Å². The molecule has 1 saturated carbocycles. The van der Waals surface area contributed by atoms with E-state index in [0.717, 1.165) is 24.9 Å². The van der Waals surface area contributed by atoms with Crippen molar-refractivity contribution in [3.8, 4) is 0 Å². The third-order valence-corrected chi connectivity index (χ3v) is 5.73. The van der Waals surface area contributed by atoms with E-state index in [9.17, 15) is 0 Å². The third-order valence-electron chi connectivity index (χ3n) is 5.73. The number of hydrogen-bond donors (Lipinski definition) is 1. The van der Waals surface area contributed by atoms with Crippen molar-refractivity contribution in [2.24, 2.45) is 23.0 Å². The molecule has 0 aromatic rings. The predicted molar refractivity (Wildman–Crippen MR) is 89.9 cm³/mol. The summed E-state index contributed by atoms with van der Waals surface area (Å²) in [6, 6.07) is 1.25. The summed E-state index contributed by atoms with van der Waals surface area (Å²) in [5.74, 6) is 1.71. The lowest BCUT2D eigenvalue weighted by Gasteiger charge is -2.44. The third kappa shape index (κ3) is 4.46. The molecule has 0 heterocycles. The van der Waals surface area contributed by atoms with Gasteiger partial charge in [-0.05, 0) is 62.8 Å². The first-order valence-electron chi connectivity index (χ1n) is 8.80. The Morgan fingerprint density at radius 2 is 1.65 bits per heavy atom. The Bertz CT molecular complexity index is 261. The van der Waals surface area contributed by atoms with Gasteiger partial charge in [0.25, 0.3) is 0 Å². The Kier molecular flexibility index (Phi) is 7.00. The Morgan fingerprint density at radius 3 is 2.00 bits per heavy atom. The Balaban J connectivity index is 2.64. The maximum absolute atomic E-state index is 6.15. The molecule has 1 aliphatic rings. The van der Waals surface area contributed by atoms with Crippen LogP contribution in [0.15, 0.2) is 0 Å². The van der Waals surface area contributed by atoms with Crippen molar-refractivity contribution < 1.29 is 0 Å². The van der Waals surface area contributed by atoms with Crippen LogP contribution < -0.4 is 5.73 Å². The molecule has 0 aromatic heterocycles. The van der Waals surface area contributed by atoms with Crippen LogP contribution in [0.25, 0.3) is 0 Å². The van der Waals surface area contributed by atoms with Crippen molar-refractivity contribution in [2.75, 3.05) is 13.1 Å². The number of rotatable bonds is 6.